The molecule has 2 fully saturated rings. The van der Waals surface area contributed by atoms with E-state index in [0.29, 0.717) is 35.6 Å². The molecule has 1 saturated heterocycles. The van der Waals surface area contributed by atoms with E-state index < -0.39 is 0 Å². The quantitative estimate of drug-likeness (QED) is 0.835. The first kappa shape index (κ1) is 16.8. The largest absolute Gasteiger partial charge is 0.353 e. The standard InChI is InChI=1S/C18H34N2O/c1-13(15-6-5-9-19-12-15)10-17(21)20-16-7-8-18(3,4)11-14(16)2/h13-16,19H,5-12H2,1-4H3,(H,20,21). The Morgan fingerprint density at radius 3 is 2.76 bits per heavy atom. The molecule has 4 unspecified atom stereocenters. The smallest absolute Gasteiger partial charge is 0.220 e. The van der Waals surface area contributed by atoms with Crippen LogP contribution >= 0.6 is 0 Å². The Morgan fingerprint density at radius 1 is 1.38 bits per heavy atom. The van der Waals surface area contributed by atoms with Crippen LogP contribution < -0.4 is 10.6 Å². The molecule has 3 heteroatoms. The fraction of sp³-hybridized carbons (Fsp3) is 0.944. The van der Waals surface area contributed by atoms with Crippen molar-refractivity contribution in [2.75, 3.05) is 13.1 Å². The Hall–Kier alpha value is -0.570. The number of rotatable bonds is 4. The third-order valence-corrected chi connectivity index (χ3v) is 5.69. The fourth-order valence-electron chi connectivity index (χ4n) is 4.25. The summed E-state index contributed by atoms with van der Waals surface area (Å²) in [7, 11) is 0. The maximum Gasteiger partial charge on any atom is 0.220 e. The zero-order valence-corrected chi connectivity index (χ0v) is 14.4. The van der Waals surface area contributed by atoms with Crippen LogP contribution in [0.15, 0.2) is 0 Å². The number of nitrogens with one attached hydrogen (secondary N) is 2. The number of piperidine rings is 1. The lowest BCUT2D eigenvalue weighted by molar-refractivity contribution is -0.123. The van der Waals surface area contributed by atoms with Crippen LogP contribution in [0, 0.1) is 23.2 Å². The first-order valence-electron chi connectivity index (χ1n) is 8.87. The highest BCUT2D eigenvalue weighted by Gasteiger charge is 2.33. The summed E-state index contributed by atoms with van der Waals surface area (Å²) in [5.74, 6) is 2.04. The van der Waals surface area contributed by atoms with Crippen LogP contribution in [0.25, 0.3) is 0 Å². The van der Waals surface area contributed by atoms with Gasteiger partial charge < -0.3 is 10.6 Å². The number of hydrogen-bond donors (Lipinski definition) is 2. The van der Waals surface area contributed by atoms with Gasteiger partial charge in [0.25, 0.3) is 0 Å². The second-order valence-corrected chi connectivity index (χ2v) is 8.35. The van der Waals surface area contributed by atoms with Crippen molar-refractivity contribution in [2.24, 2.45) is 23.2 Å². The lowest BCUT2D eigenvalue weighted by atomic mass is 9.70. The summed E-state index contributed by atoms with van der Waals surface area (Å²) in [5.41, 5.74) is 0.446. The van der Waals surface area contributed by atoms with E-state index >= 15 is 0 Å². The highest BCUT2D eigenvalue weighted by atomic mass is 16.1. The van der Waals surface area contributed by atoms with E-state index in [1.165, 1.54) is 25.7 Å². The van der Waals surface area contributed by atoms with Crippen LogP contribution in [0.3, 0.4) is 0 Å². The fourth-order valence-corrected chi connectivity index (χ4v) is 4.25. The zero-order valence-electron chi connectivity index (χ0n) is 14.4. The van der Waals surface area contributed by atoms with Crippen molar-refractivity contribution in [1.29, 1.82) is 0 Å². The van der Waals surface area contributed by atoms with E-state index in [-0.39, 0.29) is 5.91 Å². The molecule has 1 aliphatic carbocycles. The predicted molar refractivity (Wildman–Crippen MR) is 88.1 cm³/mol. The third kappa shape index (κ3) is 4.98. The van der Waals surface area contributed by atoms with Crippen LogP contribution in [0.4, 0.5) is 0 Å². The van der Waals surface area contributed by atoms with Crippen LogP contribution in [-0.4, -0.2) is 25.0 Å². The lowest BCUT2D eigenvalue weighted by Crippen LogP contribution is -2.45. The van der Waals surface area contributed by atoms with Gasteiger partial charge in [0.05, 0.1) is 0 Å². The Labute approximate surface area is 130 Å². The van der Waals surface area contributed by atoms with Gasteiger partial charge in [0.1, 0.15) is 0 Å². The SMILES string of the molecule is CC(CC(=O)NC1CCC(C)(C)CC1C)C1CCCNC1. The highest BCUT2D eigenvalue weighted by molar-refractivity contribution is 5.76. The van der Waals surface area contributed by atoms with Crippen molar-refractivity contribution in [3.63, 3.8) is 0 Å². The lowest BCUT2D eigenvalue weighted by Gasteiger charge is -2.39. The molecule has 1 heterocycles. The van der Waals surface area contributed by atoms with Crippen molar-refractivity contribution in [2.45, 2.75) is 72.3 Å². The molecule has 0 bridgehead atoms. The molecule has 2 rings (SSSR count). The molecule has 0 aromatic heterocycles. The Kier molecular flexibility index (Phi) is 5.70. The highest BCUT2D eigenvalue weighted by Crippen LogP contribution is 2.38. The molecule has 3 nitrogen and oxygen atoms in total. The van der Waals surface area contributed by atoms with Crippen LogP contribution in [0.2, 0.25) is 0 Å². The molecule has 122 valence electrons. The normalized spacial score (nSPS) is 34.2. The summed E-state index contributed by atoms with van der Waals surface area (Å²) in [6.45, 7) is 11.5. The van der Waals surface area contributed by atoms with Crippen molar-refractivity contribution < 1.29 is 4.79 Å². The van der Waals surface area contributed by atoms with Gasteiger partial charge in [-0.3, -0.25) is 4.79 Å². The van der Waals surface area contributed by atoms with Crippen LogP contribution in [-0.2, 0) is 4.79 Å². The van der Waals surface area contributed by atoms with Crippen molar-refractivity contribution in [3.8, 4) is 0 Å². The maximum atomic E-state index is 12.3. The molecule has 0 spiro atoms. The Bertz CT molecular complexity index is 347. The maximum absolute atomic E-state index is 12.3. The number of amides is 1. The summed E-state index contributed by atoms with van der Waals surface area (Å²) in [6.07, 6.45) is 6.81. The number of carbonyl (C=O) groups excluding carboxylic acids is 1. The average Bonchev–Trinajstić information content (AvgIpc) is 2.42. The van der Waals surface area contributed by atoms with E-state index in [4.69, 9.17) is 0 Å². The average molecular weight is 294 g/mol. The van der Waals surface area contributed by atoms with E-state index in [9.17, 15) is 4.79 Å². The van der Waals surface area contributed by atoms with Gasteiger partial charge in [-0.2, -0.15) is 0 Å². The molecule has 21 heavy (non-hydrogen) atoms. The molecule has 1 amide bonds. The summed E-state index contributed by atoms with van der Waals surface area (Å²) < 4.78 is 0. The van der Waals surface area contributed by atoms with Gasteiger partial charge in [0, 0.05) is 12.5 Å². The minimum absolute atomic E-state index is 0.268. The summed E-state index contributed by atoms with van der Waals surface area (Å²) in [5, 5.41) is 6.77. The first-order chi connectivity index (χ1) is 9.87. The van der Waals surface area contributed by atoms with E-state index in [2.05, 4.69) is 38.3 Å². The molecule has 0 aromatic rings. The summed E-state index contributed by atoms with van der Waals surface area (Å²) >= 11 is 0. The first-order valence-corrected chi connectivity index (χ1v) is 8.87. The van der Waals surface area contributed by atoms with E-state index in [1.807, 2.05) is 0 Å². The Balaban J connectivity index is 1.76. The van der Waals surface area contributed by atoms with Crippen molar-refractivity contribution >= 4 is 5.91 Å². The van der Waals surface area contributed by atoms with Crippen molar-refractivity contribution in [1.82, 2.24) is 10.6 Å². The molecule has 4 atom stereocenters. The van der Waals surface area contributed by atoms with Crippen LogP contribution in [0.5, 0.6) is 0 Å². The summed E-state index contributed by atoms with van der Waals surface area (Å²) in [6, 6.07) is 0.391. The van der Waals surface area contributed by atoms with Gasteiger partial charge in [-0.25, -0.2) is 0 Å². The molecule has 0 aromatic carbocycles. The minimum atomic E-state index is 0.268. The topological polar surface area (TPSA) is 41.1 Å². The Morgan fingerprint density at radius 2 is 2.14 bits per heavy atom. The van der Waals surface area contributed by atoms with Gasteiger partial charge in [-0.05, 0) is 68.4 Å². The van der Waals surface area contributed by atoms with E-state index in [0.717, 1.165) is 19.5 Å². The van der Waals surface area contributed by atoms with Gasteiger partial charge >= 0.3 is 0 Å². The third-order valence-electron chi connectivity index (χ3n) is 5.69. The molecule has 0 radical (unpaired) electrons. The molecular weight excluding hydrogens is 260 g/mol. The second kappa shape index (κ2) is 7.13. The minimum Gasteiger partial charge on any atom is -0.353 e. The molecule has 2 aliphatic rings. The number of hydrogen-bond acceptors (Lipinski definition) is 2. The van der Waals surface area contributed by atoms with Gasteiger partial charge in [0.15, 0.2) is 0 Å². The molecule has 1 saturated carbocycles. The monoisotopic (exact) mass is 294 g/mol. The van der Waals surface area contributed by atoms with Crippen molar-refractivity contribution in [3.05, 3.63) is 0 Å². The molecule has 1 aliphatic heterocycles. The zero-order chi connectivity index (χ0) is 15.5. The second-order valence-electron chi connectivity index (χ2n) is 8.35. The predicted octanol–water partition coefficient (Wildman–Crippen LogP) is 3.34. The van der Waals surface area contributed by atoms with Gasteiger partial charge in [0.2, 0.25) is 5.91 Å². The number of carbonyl (C=O) groups is 1. The van der Waals surface area contributed by atoms with Gasteiger partial charge in [-0.1, -0.05) is 27.7 Å². The molecular formula is C18H34N2O. The summed E-state index contributed by atoms with van der Waals surface area (Å²) in [4.78, 5) is 12.3. The van der Waals surface area contributed by atoms with Crippen LogP contribution in [0.1, 0.15) is 66.2 Å². The van der Waals surface area contributed by atoms with Gasteiger partial charge in [-0.15, -0.1) is 0 Å². The molecule has 2 N–H and O–H groups in total. The van der Waals surface area contributed by atoms with E-state index in [1.54, 1.807) is 0 Å².